The highest BCUT2D eigenvalue weighted by atomic mass is 32.2. The maximum Gasteiger partial charge on any atom is -0.00153 e. The highest BCUT2D eigenvalue weighted by Crippen LogP contribution is 2.17. The third-order valence-electron chi connectivity index (χ3n) is 3.07. The number of benzene rings is 1. The normalized spacial score (nSPS) is 14.5. The van der Waals surface area contributed by atoms with Crippen LogP contribution in [0.1, 0.15) is 31.7 Å². The summed E-state index contributed by atoms with van der Waals surface area (Å²) in [6.45, 7) is 6.88. The quantitative estimate of drug-likeness (QED) is 0.706. The third kappa shape index (κ3) is 6.13. The molecule has 0 radical (unpaired) electrons. The standard InChI is InChI=1S/C15H25NS/c1-13(12-17-3)11-16-10-9-14(2)15-7-5-4-6-8-15/h4-8,13-14,16H,9-12H2,1-3H3. The Morgan fingerprint density at radius 2 is 1.88 bits per heavy atom. The molecule has 1 aromatic carbocycles. The van der Waals surface area contributed by atoms with Crippen LogP contribution < -0.4 is 5.32 Å². The minimum atomic E-state index is 0.652. The van der Waals surface area contributed by atoms with Crippen molar-refractivity contribution in [1.29, 1.82) is 0 Å². The molecule has 0 fully saturated rings. The van der Waals surface area contributed by atoms with E-state index in [-0.39, 0.29) is 0 Å². The molecule has 1 aromatic rings. The molecule has 0 spiro atoms. The number of rotatable bonds is 8. The highest BCUT2D eigenvalue weighted by Gasteiger charge is 2.05. The Morgan fingerprint density at radius 3 is 2.53 bits per heavy atom. The first-order valence-corrected chi connectivity index (χ1v) is 7.88. The average molecular weight is 251 g/mol. The van der Waals surface area contributed by atoms with Crippen molar-refractivity contribution in [3.63, 3.8) is 0 Å². The Kier molecular flexibility index (Phi) is 7.38. The van der Waals surface area contributed by atoms with E-state index in [1.165, 1.54) is 17.7 Å². The van der Waals surface area contributed by atoms with Crippen LogP contribution in [0.15, 0.2) is 30.3 Å². The van der Waals surface area contributed by atoms with Gasteiger partial charge in [-0.05, 0) is 48.9 Å². The fourth-order valence-corrected chi connectivity index (χ4v) is 2.65. The van der Waals surface area contributed by atoms with Crippen LogP contribution in [0.5, 0.6) is 0 Å². The molecule has 0 saturated carbocycles. The zero-order valence-corrected chi connectivity index (χ0v) is 12.1. The summed E-state index contributed by atoms with van der Waals surface area (Å²) >= 11 is 1.93. The molecule has 2 atom stereocenters. The van der Waals surface area contributed by atoms with E-state index in [1.807, 2.05) is 11.8 Å². The lowest BCUT2D eigenvalue weighted by Crippen LogP contribution is -2.24. The van der Waals surface area contributed by atoms with Crippen molar-refractivity contribution >= 4 is 11.8 Å². The maximum absolute atomic E-state index is 3.56. The zero-order valence-electron chi connectivity index (χ0n) is 11.3. The minimum absolute atomic E-state index is 0.652. The fourth-order valence-electron chi connectivity index (χ4n) is 1.96. The molecular formula is C15H25NS. The molecule has 1 nitrogen and oxygen atoms in total. The van der Waals surface area contributed by atoms with Gasteiger partial charge in [0, 0.05) is 0 Å². The largest absolute Gasteiger partial charge is 0.316 e. The van der Waals surface area contributed by atoms with Gasteiger partial charge in [0.25, 0.3) is 0 Å². The molecule has 0 heterocycles. The van der Waals surface area contributed by atoms with E-state index < -0.39 is 0 Å². The summed E-state index contributed by atoms with van der Waals surface area (Å²) in [6.07, 6.45) is 3.39. The van der Waals surface area contributed by atoms with Crippen molar-refractivity contribution in [3.05, 3.63) is 35.9 Å². The van der Waals surface area contributed by atoms with Crippen LogP contribution in [-0.4, -0.2) is 25.1 Å². The Hall–Kier alpha value is -0.470. The molecule has 0 aliphatic heterocycles. The first-order valence-electron chi connectivity index (χ1n) is 6.48. The summed E-state index contributed by atoms with van der Waals surface area (Å²) in [5.41, 5.74) is 1.45. The molecule has 0 saturated heterocycles. The number of hydrogen-bond donors (Lipinski definition) is 1. The van der Waals surface area contributed by atoms with E-state index in [9.17, 15) is 0 Å². The van der Waals surface area contributed by atoms with Gasteiger partial charge < -0.3 is 5.32 Å². The van der Waals surface area contributed by atoms with E-state index in [2.05, 4.69) is 55.8 Å². The molecule has 0 bridgehead atoms. The SMILES string of the molecule is CSCC(C)CNCCC(C)c1ccccc1. The van der Waals surface area contributed by atoms with E-state index in [0.29, 0.717) is 5.92 Å². The molecule has 0 aromatic heterocycles. The summed E-state index contributed by atoms with van der Waals surface area (Å²) in [4.78, 5) is 0. The van der Waals surface area contributed by atoms with Gasteiger partial charge in [-0.1, -0.05) is 44.2 Å². The fraction of sp³-hybridized carbons (Fsp3) is 0.600. The van der Waals surface area contributed by atoms with Crippen LogP contribution in [0.2, 0.25) is 0 Å². The second-order valence-corrected chi connectivity index (χ2v) is 5.78. The topological polar surface area (TPSA) is 12.0 Å². The highest BCUT2D eigenvalue weighted by molar-refractivity contribution is 7.98. The van der Waals surface area contributed by atoms with Crippen molar-refractivity contribution < 1.29 is 0 Å². The van der Waals surface area contributed by atoms with E-state index in [4.69, 9.17) is 0 Å². The van der Waals surface area contributed by atoms with Crippen molar-refractivity contribution in [2.24, 2.45) is 5.92 Å². The zero-order chi connectivity index (χ0) is 12.5. The van der Waals surface area contributed by atoms with Crippen LogP contribution in [-0.2, 0) is 0 Å². The second kappa shape index (κ2) is 8.60. The summed E-state index contributed by atoms with van der Waals surface area (Å²) in [5.74, 6) is 2.68. The number of hydrogen-bond acceptors (Lipinski definition) is 2. The van der Waals surface area contributed by atoms with E-state index in [0.717, 1.165) is 19.0 Å². The van der Waals surface area contributed by atoms with Gasteiger partial charge in [-0.25, -0.2) is 0 Å². The van der Waals surface area contributed by atoms with Gasteiger partial charge in [0.2, 0.25) is 0 Å². The van der Waals surface area contributed by atoms with Crippen LogP contribution >= 0.6 is 11.8 Å². The smallest absolute Gasteiger partial charge is 0.00153 e. The van der Waals surface area contributed by atoms with Crippen LogP contribution in [0.3, 0.4) is 0 Å². The molecule has 17 heavy (non-hydrogen) atoms. The van der Waals surface area contributed by atoms with Crippen molar-refractivity contribution in [2.75, 3.05) is 25.1 Å². The van der Waals surface area contributed by atoms with Crippen molar-refractivity contribution in [2.45, 2.75) is 26.2 Å². The van der Waals surface area contributed by atoms with Crippen LogP contribution in [0.4, 0.5) is 0 Å². The molecule has 96 valence electrons. The molecule has 2 unspecified atom stereocenters. The minimum Gasteiger partial charge on any atom is -0.316 e. The Morgan fingerprint density at radius 1 is 1.18 bits per heavy atom. The first-order chi connectivity index (χ1) is 8.24. The molecule has 0 aliphatic carbocycles. The molecule has 0 amide bonds. The van der Waals surface area contributed by atoms with Gasteiger partial charge in [0.15, 0.2) is 0 Å². The lowest BCUT2D eigenvalue weighted by atomic mass is 9.98. The van der Waals surface area contributed by atoms with Gasteiger partial charge in [0.05, 0.1) is 0 Å². The molecule has 1 rings (SSSR count). The Bertz CT molecular complexity index is 286. The molecule has 0 aliphatic rings. The third-order valence-corrected chi connectivity index (χ3v) is 3.97. The molecular weight excluding hydrogens is 226 g/mol. The summed E-state index contributed by atoms with van der Waals surface area (Å²) in [5, 5.41) is 3.56. The predicted octanol–water partition coefficient (Wildman–Crippen LogP) is 3.77. The van der Waals surface area contributed by atoms with Crippen LogP contribution in [0, 0.1) is 5.92 Å². The molecule has 1 N–H and O–H groups in total. The number of nitrogens with one attached hydrogen (secondary N) is 1. The van der Waals surface area contributed by atoms with Gasteiger partial charge in [-0.2, -0.15) is 11.8 Å². The summed E-state index contributed by atoms with van der Waals surface area (Å²) < 4.78 is 0. The summed E-state index contributed by atoms with van der Waals surface area (Å²) in [6, 6.07) is 10.8. The Balaban J connectivity index is 2.14. The molecule has 2 heteroatoms. The van der Waals surface area contributed by atoms with E-state index >= 15 is 0 Å². The second-order valence-electron chi connectivity index (χ2n) is 4.87. The Labute approximate surface area is 110 Å². The van der Waals surface area contributed by atoms with Gasteiger partial charge in [-0.3, -0.25) is 0 Å². The number of thioether (sulfide) groups is 1. The van der Waals surface area contributed by atoms with E-state index in [1.54, 1.807) is 0 Å². The monoisotopic (exact) mass is 251 g/mol. The summed E-state index contributed by atoms with van der Waals surface area (Å²) in [7, 11) is 0. The average Bonchev–Trinajstić information content (AvgIpc) is 2.36. The van der Waals surface area contributed by atoms with Gasteiger partial charge in [-0.15, -0.1) is 0 Å². The lowest BCUT2D eigenvalue weighted by Gasteiger charge is -2.14. The van der Waals surface area contributed by atoms with Gasteiger partial charge >= 0.3 is 0 Å². The van der Waals surface area contributed by atoms with Crippen molar-refractivity contribution in [1.82, 2.24) is 5.32 Å². The predicted molar refractivity (Wildman–Crippen MR) is 79.9 cm³/mol. The lowest BCUT2D eigenvalue weighted by molar-refractivity contribution is 0.529. The first kappa shape index (κ1) is 14.6. The van der Waals surface area contributed by atoms with Crippen molar-refractivity contribution in [3.8, 4) is 0 Å². The maximum atomic E-state index is 3.56. The van der Waals surface area contributed by atoms with Crippen LogP contribution in [0.25, 0.3) is 0 Å². The van der Waals surface area contributed by atoms with Gasteiger partial charge in [0.1, 0.15) is 0 Å².